The summed E-state index contributed by atoms with van der Waals surface area (Å²) in [6.07, 6.45) is 2.61. The van der Waals surface area contributed by atoms with Crippen LogP contribution in [0.1, 0.15) is 51.5 Å². The van der Waals surface area contributed by atoms with Gasteiger partial charge in [0, 0.05) is 50.2 Å². The van der Waals surface area contributed by atoms with Crippen molar-refractivity contribution in [3.05, 3.63) is 22.4 Å². The van der Waals surface area contributed by atoms with E-state index in [9.17, 15) is 0 Å². The smallest absolute Gasteiger partial charge is 0.191 e. The third kappa shape index (κ3) is 8.42. The first-order valence-electron chi connectivity index (χ1n) is 12.4. The van der Waals surface area contributed by atoms with Gasteiger partial charge in [0.2, 0.25) is 0 Å². The van der Waals surface area contributed by atoms with Crippen molar-refractivity contribution in [1.82, 2.24) is 25.3 Å². The van der Waals surface area contributed by atoms with Crippen LogP contribution >= 0.6 is 35.3 Å². The molecule has 0 spiro atoms. The largest absolute Gasteiger partial charge is 0.357 e. The molecule has 2 saturated heterocycles. The van der Waals surface area contributed by atoms with Gasteiger partial charge in [-0.1, -0.05) is 19.9 Å². The van der Waals surface area contributed by atoms with Gasteiger partial charge in [0.25, 0.3) is 0 Å². The first kappa shape index (κ1) is 27.8. The quantitative estimate of drug-likeness (QED) is 0.267. The minimum absolute atomic E-state index is 0. The van der Waals surface area contributed by atoms with E-state index in [4.69, 9.17) is 4.99 Å². The maximum Gasteiger partial charge on any atom is 0.191 e. The van der Waals surface area contributed by atoms with E-state index < -0.39 is 0 Å². The van der Waals surface area contributed by atoms with E-state index >= 15 is 0 Å². The molecule has 6 nitrogen and oxygen atoms in total. The van der Waals surface area contributed by atoms with E-state index in [0.29, 0.717) is 12.1 Å². The van der Waals surface area contributed by atoms with Gasteiger partial charge >= 0.3 is 0 Å². The summed E-state index contributed by atoms with van der Waals surface area (Å²) in [4.78, 5) is 14.2. The second-order valence-electron chi connectivity index (χ2n) is 9.17. The lowest BCUT2D eigenvalue weighted by molar-refractivity contribution is 0.109. The Morgan fingerprint density at radius 3 is 2.41 bits per heavy atom. The van der Waals surface area contributed by atoms with Crippen molar-refractivity contribution in [2.24, 2.45) is 10.9 Å². The molecule has 0 bridgehead atoms. The van der Waals surface area contributed by atoms with Crippen LogP contribution in [0.5, 0.6) is 0 Å². The SMILES string of the molecule is CCNC(=NCC(C)N1CCN(CC)CC1)NCC(c1cccs1)N1CCC(C)CC1.I. The van der Waals surface area contributed by atoms with Gasteiger partial charge in [-0.15, -0.1) is 35.3 Å². The molecular weight excluding hydrogens is 531 g/mol. The van der Waals surface area contributed by atoms with Gasteiger partial charge in [-0.3, -0.25) is 14.8 Å². The summed E-state index contributed by atoms with van der Waals surface area (Å²) < 4.78 is 0. The molecule has 2 aliphatic heterocycles. The van der Waals surface area contributed by atoms with Gasteiger partial charge in [0.05, 0.1) is 12.6 Å². The van der Waals surface area contributed by atoms with Crippen molar-refractivity contribution in [2.75, 3.05) is 65.4 Å². The van der Waals surface area contributed by atoms with Crippen molar-refractivity contribution in [3.63, 3.8) is 0 Å². The number of aliphatic imine (C=N–C) groups is 1. The molecule has 0 aromatic carbocycles. The first-order valence-corrected chi connectivity index (χ1v) is 13.2. The van der Waals surface area contributed by atoms with Crippen molar-refractivity contribution in [1.29, 1.82) is 0 Å². The van der Waals surface area contributed by atoms with Gasteiger partial charge in [0.15, 0.2) is 5.96 Å². The summed E-state index contributed by atoms with van der Waals surface area (Å²) >= 11 is 1.88. The molecule has 2 fully saturated rings. The Balaban J connectivity index is 0.00000363. The Hall–Kier alpha value is -0.420. The molecule has 2 N–H and O–H groups in total. The van der Waals surface area contributed by atoms with E-state index in [-0.39, 0.29) is 24.0 Å². The fraction of sp³-hybridized carbons (Fsp3) is 0.792. The maximum absolute atomic E-state index is 4.96. The predicted octanol–water partition coefficient (Wildman–Crippen LogP) is 3.72. The van der Waals surface area contributed by atoms with E-state index in [1.54, 1.807) is 0 Å². The number of likely N-dealkylation sites (tertiary alicyclic amines) is 1. The molecule has 3 rings (SSSR count). The van der Waals surface area contributed by atoms with Crippen LogP contribution in [0.4, 0.5) is 0 Å². The molecule has 0 aliphatic carbocycles. The van der Waals surface area contributed by atoms with Gasteiger partial charge in [-0.05, 0) is 63.7 Å². The highest BCUT2D eigenvalue weighted by molar-refractivity contribution is 14.0. The molecule has 32 heavy (non-hydrogen) atoms. The number of hydrogen-bond donors (Lipinski definition) is 2. The van der Waals surface area contributed by atoms with Crippen molar-refractivity contribution in [3.8, 4) is 0 Å². The normalized spacial score (nSPS) is 21.7. The van der Waals surface area contributed by atoms with Crippen LogP contribution in [0.2, 0.25) is 0 Å². The average molecular weight is 577 g/mol. The summed E-state index contributed by atoms with van der Waals surface area (Å²) in [5.41, 5.74) is 0. The minimum atomic E-state index is 0. The standard InChI is InChI=1S/C24H44N6S.HI/c1-5-25-24(26-18-21(4)29-15-13-28(6-2)14-16-29)27-19-22(23-8-7-17-31-23)30-11-9-20(3)10-12-30;/h7-8,17,20-22H,5-6,9-16,18-19H2,1-4H3,(H2,25,26,27);1H. The van der Waals surface area contributed by atoms with E-state index in [1.807, 2.05) is 11.3 Å². The lowest BCUT2D eigenvalue weighted by Gasteiger charge is -2.37. The summed E-state index contributed by atoms with van der Waals surface area (Å²) in [6.45, 7) is 20.0. The lowest BCUT2D eigenvalue weighted by atomic mass is 9.97. The molecular formula is C24H45IN6S. The molecule has 1 aromatic rings. The van der Waals surface area contributed by atoms with Gasteiger partial charge in [-0.25, -0.2) is 0 Å². The van der Waals surface area contributed by atoms with E-state index in [1.165, 1.54) is 43.9 Å². The Morgan fingerprint density at radius 2 is 1.81 bits per heavy atom. The van der Waals surface area contributed by atoms with Gasteiger partial charge in [0.1, 0.15) is 0 Å². The van der Waals surface area contributed by atoms with Crippen LogP contribution < -0.4 is 10.6 Å². The molecule has 2 aliphatic rings. The monoisotopic (exact) mass is 576 g/mol. The second kappa shape index (κ2) is 14.8. The summed E-state index contributed by atoms with van der Waals surface area (Å²) in [5, 5.41) is 9.34. The second-order valence-corrected chi connectivity index (χ2v) is 10.1. The fourth-order valence-corrected chi connectivity index (χ4v) is 5.49. The third-order valence-corrected chi connectivity index (χ3v) is 7.90. The topological polar surface area (TPSA) is 46.1 Å². The van der Waals surface area contributed by atoms with Crippen LogP contribution in [-0.4, -0.2) is 92.1 Å². The Morgan fingerprint density at radius 1 is 1.09 bits per heavy atom. The zero-order valence-corrected chi connectivity index (χ0v) is 23.7. The van der Waals surface area contributed by atoms with Crippen LogP contribution in [0.3, 0.4) is 0 Å². The highest BCUT2D eigenvalue weighted by Gasteiger charge is 2.25. The van der Waals surface area contributed by atoms with Crippen molar-refractivity contribution >= 4 is 41.3 Å². The molecule has 8 heteroatoms. The molecule has 3 heterocycles. The predicted molar refractivity (Wildman–Crippen MR) is 150 cm³/mol. The first-order chi connectivity index (χ1) is 15.1. The number of piperazine rings is 1. The number of thiophene rings is 1. The van der Waals surface area contributed by atoms with Crippen LogP contribution in [0.25, 0.3) is 0 Å². The number of hydrogen-bond acceptors (Lipinski definition) is 5. The molecule has 0 amide bonds. The van der Waals surface area contributed by atoms with Crippen LogP contribution in [-0.2, 0) is 0 Å². The zero-order valence-electron chi connectivity index (χ0n) is 20.6. The highest BCUT2D eigenvalue weighted by atomic mass is 127. The van der Waals surface area contributed by atoms with E-state index in [0.717, 1.165) is 51.1 Å². The number of likely N-dealkylation sites (N-methyl/N-ethyl adjacent to an activating group) is 1. The molecule has 0 saturated carbocycles. The third-order valence-electron chi connectivity index (χ3n) is 6.93. The molecule has 2 unspecified atom stereocenters. The number of rotatable bonds is 9. The number of piperidine rings is 1. The summed E-state index contributed by atoms with van der Waals surface area (Å²) in [6, 6.07) is 5.37. The number of guanidine groups is 1. The zero-order chi connectivity index (χ0) is 22.1. The number of nitrogens with one attached hydrogen (secondary N) is 2. The highest BCUT2D eigenvalue weighted by Crippen LogP contribution is 2.29. The average Bonchev–Trinajstić information content (AvgIpc) is 3.33. The van der Waals surface area contributed by atoms with E-state index in [2.05, 4.69) is 70.5 Å². The minimum Gasteiger partial charge on any atom is -0.357 e. The molecule has 2 atom stereocenters. The Kier molecular flexibility index (Phi) is 12.8. The van der Waals surface area contributed by atoms with Crippen LogP contribution in [0.15, 0.2) is 22.5 Å². The Bertz CT molecular complexity index is 639. The molecule has 1 aromatic heterocycles. The van der Waals surface area contributed by atoms with Crippen molar-refractivity contribution < 1.29 is 0 Å². The fourth-order valence-electron chi connectivity index (χ4n) is 4.63. The van der Waals surface area contributed by atoms with Gasteiger partial charge in [-0.2, -0.15) is 0 Å². The number of halogens is 1. The maximum atomic E-state index is 4.96. The summed E-state index contributed by atoms with van der Waals surface area (Å²) in [5.74, 6) is 1.81. The summed E-state index contributed by atoms with van der Waals surface area (Å²) in [7, 11) is 0. The lowest BCUT2D eigenvalue weighted by Crippen LogP contribution is -2.50. The molecule has 0 radical (unpaired) electrons. The molecule has 184 valence electrons. The number of nitrogens with zero attached hydrogens (tertiary/aromatic N) is 4. The van der Waals surface area contributed by atoms with Gasteiger partial charge < -0.3 is 15.5 Å². The van der Waals surface area contributed by atoms with Crippen molar-refractivity contribution in [2.45, 2.75) is 52.6 Å². The Labute approximate surface area is 217 Å². The van der Waals surface area contributed by atoms with Crippen LogP contribution in [0, 0.1) is 5.92 Å².